The minimum Gasteiger partial charge on any atom is -0.481 e. The van der Waals surface area contributed by atoms with Crippen LogP contribution in [0, 0.1) is 0 Å². The smallest absolute Gasteiger partial charge is 0.314 e. The van der Waals surface area contributed by atoms with Gasteiger partial charge in [-0.2, -0.15) is 0 Å². The molecule has 240 valence electrons. The summed E-state index contributed by atoms with van der Waals surface area (Å²) < 4.78 is 13.7. The molecule has 1 fully saturated rings. The van der Waals surface area contributed by atoms with Crippen LogP contribution in [-0.4, -0.2) is 118 Å². The predicted molar refractivity (Wildman–Crippen MR) is 137 cm³/mol. The van der Waals surface area contributed by atoms with Crippen molar-refractivity contribution in [1.82, 2.24) is 4.90 Å². The van der Waals surface area contributed by atoms with E-state index in [1.54, 1.807) is 0 Å². The molecule has 0 bridgehead atoms. The van der Waals surface area contributed by atoms with E-state index in [1.807, 2.05) is 0 Å². The fourth-order valence-corrected chi connectivity index (χ4v) is 2.67. The largest absolute Gasteiger partial charge is 0.481 e. The average molecular weight is 610 g/mol. The number of carboxylic acid groups (broad SMARTS) is 3. The highest BCUT2D eigenvalue weighted by atomic mass is 16.6. The zero-order valence-corrected chi connectivity index (χ0v) is 23.2. The maximum absolute atomic E-state index is 12.1. The molecule has 0 aromatic heterocycles. The number of rotatable bonds is 19. The van der Waals surface area contributed by atoms with E-state index >= 15 is 0 Å². The molecule has 1 heterocycles. The van der Waals surface area contributed by atoms with Gasteiger partial charge in [0.25, 0.3) is 0 Å². The van der Waals surface area contributed by atoms with Crippen molar-refractivity contribution in [3.05, 3.63) is 0 Å². The van der Waals surface area contributed by atoms with Gasteiger partial charge in [0.05, 0.1) is 58.0 Å². The molecule has 1 amide bonds. The van der Waals surface area contributed by atoms with E-state index < -0.39 is 67.0 Å². The second-order valence-electron chi connectivity index (χ2n) is 8.36. The number of hydrogen-bond donors (Lipinski definition) is 5. The fourth-order valence-electron chi connectivity index (χ4n) is 2.67. The Morgan fingerprint density at radius 3 is 1.31 bits per heavy atom. The third-order valence-corrected chi connectivity index (χ3v) is 4.82. The summed E-state index contributed by atoms with van der Waals surface area (Å²) in [5.74, 6) is -6.38. The summed E-state index contributed by atoms with van der Waals surface area (Å²) >= 11 is 0. The van der Waals surface area contributed by atoms with Crippen molar-refractivity contribution in [1.29, 1.82) is 0 Å². The third-order valence-electron chi connectivity index (χ3n) is 4.82. The van der Waals surface area contributed by atoms with Crippen molar-refractivity contribution in [3.8, 4) is 0 Å². The van der Waals surface area contributed by atoms with Crippen molar-refractivity contribution in [3.63, 3.8) is 0 Å². The molecule has 1 aliphatic rings. The van der Waals surface area contributed by atoms with Crippen LogP contribution in [0.15, 0.2) is 0 Å². The Hall–Kier alpha value is -4.12. The summed E-state index contributed by atoms with van der Waals surface area (Å²) in [5.41, 5.74) is 0. The number of nitrogens with zero attached hydrogens (tertiary/aromatic N) is 1. The van der Waals surface area contributed by atoms with Gasteiger partial charge in [0.1, 0.15) is 13.2 Å². The van der Waals surface area contributed by atoms with Gasteiger partial charge in [0.15, 0.2) is 0 Å². The van der Waals surface area contributed by atoms with Crippen molar-refractivity contribution >= 4 is 47.7 Å². The Morgan fingerprint density at radius 1 is 0.619 bits per heavy atom. The Labute approximate surface area is 241 Å². The highest BCUT2D eigenvalue weighted by Gasteiger charge is 2.19. The molecular weight excluding hydrogens is 570 g/mol. The first kappa shape index (κ1) is 40.0. The number of amides is 1. The van der Waals surface area contributed by atoms with Crippen molar-refractivity contribution in [2.45, 2.75) is 70.6 Å². The number of carbonyl (C=O) groups excluding carboxylic acids is 5. The fraction of sp³-hybridized carbons (Fsp3) is 0.680. The molecule has 0 atom stereocenters. The Kier molecular flexibility index (Phi) is 24.6. The van der Waals surface area contributed by atoms with Crippen LogP contribution in [0.4, 0.5) is 0 Å². The molecule has 0 radical (unpaired) electrons. The SMILES string of the molecule is O=C(O)CCC(=O)OCCN(CCOC(=O)CCC(=O)O)C(=O)CCC(=O)O.O=C1CCC(=O)O1.OCCCCCO. The van der Waals surface area contributed by atoms with Crippen LogP contribution in [-0.2, 0) is 52.6 Å². The molecule has 1 rings (SSSR count). The van der Waals surface area contributed by atoms with Gasteiger partial charge >= 0.3 is 41.8 Å². The van der Waals surface area contributed by atoms with E-state index in [2.05, 4.69) is 4.74 Å². The van der Waals surface area contributed by atoms with Crippen LogP contribution in [0.25, 0.3) is 0 Å². The zero-order valence-electron chi connectivity index (χ0n) is 23.2. The first-order valence-electron chi connectivity index (χ1n) is 13.0. The lowest BCUT2D eigenvalue weighted by atomic mass is 10.2. The quantitative estimate of drug-likeness (QED) is 0.0533. The van der Waals surface area contributed by atoms with Gasteiger partial charge in [0.2, 0.25) is 5.91 Å². The molecule has 0 spiro atoms. The van der Waals surface area contributed by atoms with Crippen molar-refractivity contribution < 1.29 is 78.1 Å². The molecule has 17 heteroatoms. The van der Waals surface area contributed by atoms with Gasteiger partial charge < -0.3 is 44.6 Å². The van der Waals surface area contributed by atoms with Gasteiger partial charge in [-0.3, -0.25) is 38.4 Å². The van der Waals surface area contributed by atoms with Gasteiger partial charge in [-0.25, -0.2) is 0 Å². The molecule has 0 saturated carbocycles. The van der Waals surface area contributed by atoms with Gasteiger partial charge in [-0.15, -0.1) is 0 Å². The van der Waals surface area contributed by atoms with E-state index in [4.69, 9.17) is 35.0 Å². The Bertz CT molecular complexity index is 834. The van der Waals surface area contributed by atoms with Crippen LogP contribution in [0.1, 0.15) is 70.6 Å². The molecule has 1 saturated heterocycles. The zero-order chi connectivity index (χ0) is 32.3. The molecule has 5 N–H and O–H groups in total. The minimum atomic E-state index is -1.17. The summed E-state index contributed by atoms with van der Waals surface area (Å²) in [6.07, 6.45) is 0.929. The second kappa shape index (κ2) is 25.8. The van der Waals surface area contributed by atoms with Gasteiger partial charge in [-0.1, -0.05) is 0 Å². The molecular formula is C25H39NO16. The number of hydrogen-bond acceptors (Lipinski definition) is 13. The lowest BCUT2D eigenvalue weighted by Crippen LogP contribution is -2.37. The summed E-state index contributed by atoms with van der Waals surface area (Å²) in [5, 5.41) is 42.0. The normalized spacial score (nSPS) is 11.6. The number of cyclic esters (lactones) is 2. The highest BCUT2D eigenvalue weighted by Crippen LogP contribution is 2.04. The van der Waals surface area contributed by atoms with Crippen molar-refractivity contribution in [2.24, 2.45) is 0 Å². The lowest BCUT2D eigenvalue weighted by Gasteiger charge is -2.22. The molecule has 0 aliphatic carbocycles. The van der Waals surface area contributed by atoms with Crippen molar-refractivity contribution in [2.75, 3.05) is 39.5 Å². The maximum Gasteiger partial charge on any atom is 0.314 e. The average Bonchev–Trinajstić information content (AvgIpc) is 3.31. The first-order valence-corrected chi connectivity index (χ1v) is 13.0. The summed E-state index contributed by atoms with van der Waals surface area (Å²) in [4.78, 5) is 87.3. The topological polar surface area (TPSA) is 269 Å². The van der Waals surface area contributed by atoms with E-state index in [0.29, 0.717) is 0 Å². The Balaban J connectivity index is 0. The number of carboxylic acids is 3. The van der Waals surface area contributed by atoms with Crippen LogP contribution >= 0.6 is 0 Å². The Morgan fingerprint density at radius 2 is 1.00 bits per heavy atom. The monoisotopic (exact) mass is 609 g/mol. The van der Waals surface area contributed by atoms with Crippen LogP contribution < -0.4 is 0 Å². The number of ether oxygens (including phenoxy) is 3. The molecule has 0 aromatic rings. The number of aliphatic carboxylic acids is 3. The van der Waals surface area contributed by atoms with E-state index in [-0.39, 0.29) is 71.6 Å². The molecule has 17 nitrogen and oxygen atoms in total. The van der Waals surface area contributed by atoms with E-state index in [1.165, 1.54) is 0 Å². The number of esters is 4. The predicted octanol–water partition coefficient (Wildman–Crippen LogP) is -0.513. The summed E-state index contributed by atoms with van der Waals surface area (Å²) in [6.45, 7) is -0.206. The first-order chi connectivity index (χ1) is 19.8. The molecule has 0 unspecified atom stereocenters. The second-order valence-corrected chi connectivity index (χ2v) is 8.36. The standard InChI is InChI=1S/C16H23NO11.C5H12O2.C4H4O3/c18-11(1-2-12(19)20)17(7-9-27-15(25)5-3-13(21)22)8-10-28-16(26)6-4-14(23)24;6-4-2-1-3-5-7;5-3-1-2-4(6)7-3/h1-10H2,(H,19,20)(H,21,22)(H,23,24);6-7H,1-5H2;1-2H2. The van der Waals surface area contributed by atoms with Crippen LogP contribution in [0.2, 0.25) is 0 Å². The highest BCUT2D eigenvalue weighted by molar-refractivity contribution is 5.92. The summed E-state index contributed by atoms with van der Waals surface area (Å²) in [7, 11) is 0. The summed E-state index contributed by atoms with van der Waals surface area (Å²) in [6, 6.07) is 0. The molecule has 42 heavy (non-hydrogen) atoms. The number of aliphatic hydroxyl groups excluding tert-OH is 2. The maximum atomic E-state index is 12.1. The molecule has 0 aromatic carbocycles. The van der Waals surface area contributed by atoms with E-state index in [9.17, 15) is 38.4 Å². The third kappa shape index (κ3) is 27.4. The van der Waals surface area contributed by atoms with Crippen LogP contribution in [0.5, 0.6) is 0 Å². The lowest BCUT2D eigenvalue weighted by molar-refractivity contribution is -0.152. The number of unbranched alkanes of at least 4 members (excludes halogenated alkanes) is 2. The minimum absolute atomic E-state index is 0.107. The van der Waals surface area contributed by atoms with Gasteiger partial charge in [-0.05, 0) is 19.3 Å². The number of carbonyl (C=O) groups is 8. The van der Waals surface area contributed by atoms with E-state index in [0.717, 1.165) is 24.2 Å². The van der Waals surface area contributed by atoms with Gasteiger partial charge in [0, 0.05) is 19.6 Å². The molecule has 1 aliphatic heterocycles. The number of aliphatic hydroxyl groups is 2. The van der Waals surface area contributed by atoms with Crippen LogP contribution in [0.3, 0.4) is 0 Å².